The van der Waals surface area contributed by atoms with Gasteiger partial charge in [-0.25, -0.2) is 4.39 Å². The molecule has 0 amide bonds. The van der Waals surface area contributed by atoms with Crippen molar-refractivity contribution in [1.82, 2.24) is 0 Å². The third-order valence-corrected chi connectivity index (χ3v) is 4.52. The average Bonchev–Trinajstić information content (AvgIpc) is 2.43. The van der Waals surface area contributed by atoms with E-state index in [9.17, 15) is 9.50 Å². The number of aliphatic hydroxyl groups excluding tert-OH is 1. The quantitative estimate of drug-likeness (QED) is 0.885. The molecule has 3 unspecified atom stereocenters. The van der Waals surface area contributed by atoms with E-state index in [-0.39, 0.29) is 17.8 Å². The molecule has 20 heavy (non-hydrogen) atoms. The highest BCUT2D eigenvalue weighted by molar-refractivity contribution is 5.46. The molecule has 0 heterocycles. The van der Waals surface area contributed by atoms with Gasteiger partial charge in [0.1, 0.15) is 5.82 Å². The van der Waals surface area contributed by atoms with Crippen LogP contribution >= 0.6 is 0 Å². The molecule has 1 aromatic rings. The van der Waals surface area contributed by atoms with Crippen LogP contribution in [0.25, 0.3) is 0 Å². The maximum Gasteiger partial charge on any atom is 0.146 e. The maximum atomic E-state index is 13.8. The molecule has 1 aliphatic carbocycles. The number of halogens is 1. The molecule has 112 valence electrons. The average molecular weight is 279 g/mol. The van der Waals surface area contributed by atoms with Crippen molar-refractivity contribution < 1.29 is 9.50 Å². The van der Waals surface area contributed by atoms with Gasteiger partial charge in [-0.05, 0) is 37.3 Å². The van der Waals surface area contributed by atoms with E-state index in [1.807, 2.05) is 18.0 Å². The van der Waals surface area contributed by atoms with Crippen LogP contribution in [0.5, 0.6) is 0 Å². The Bertz CT molecular complexity index is 423. The van der Waals surface area contributed by atoms with Gasteiger partial charge in [-0.1, -0.05) is 31.9 Å². The van der Waals surface area contributed by atoms with Crippen LogP contribution in [0.3, 0.4) is 0 Å². The van der Waals surface area contributed by atoms with E-state index in [2.05, 4.69) is 6.92 Å². The van der Waals surface area contributed by atoms with Crippen molar-refractivity contribution in [2.24, 2.45) is 11.8 Å². The van der Waals surface area contributed by atoms with Gasteiger partial charge in [0.05, 0.1) is 11.8 Å². The van der Waals surface area contributed by atoms with Gasteiger partial charge < -0.3 is 10.0 Å². The molecule has 1 aliphatic rings. The largest absolute Gasteiger partial charge is 0.393 e. The molecule has 0 aromatic heterocycles. The summed E-state index contributed by atoms with van der Waals surface area (Å²) in [6.45, 7) is 2.94. The Morgan fingerprint density at radius 3 is 2.75 bits per heavy atom. The van der Waals surface area contributed by atoms with E-state index in [0.29, 0.717) is 5.69 Å². The van der Waals surface area contributed by atoms with Crippen molar-refractivity contribution >= 4 is 5.69 Å². The minimum absolute atomic E-state index is 0.189. The fourth-order valence-corrected chi connectivity index (χ4v) is 3.42. The Labute approximate surface area is 121 Å². The highest BCUT2D eigenvalue weighted by Gasteiger charge is 2.29. The van der Waals surface area contributed by atoms with E-state index in [1.54, 1.807) is 12.1 Å². The number of rotatable bonds is 5. The molecule has 3 atom stereocenters. The number of aliphatic hydroxyl groups is 1. The summed E-state index contributed by atoms with van der Waals surface area (Å²) in [5, 5.41) is 10.2. The first-order chi connectivity index (χ1) is 9.61. The normalized spacial score (nSPS) is 26.5. The lowest BCUT2D eigenvalue weighted by molar-refractivity contribution is 0.0498. The first-order valence-corrected chi connectivity index (χ1v) is 7.75. The summed E-state index contributed by atoms with van der Waals surface area (Å²) >= 11 is 0. The van der Waals surface area contributed by atoms with Crippen molar-refractivity contribution in [2.75, 3.05) is 18.5 Å². The van der Waals surface area contributed by atoms with Gasteiger partial charge in [0, 0.05) is 19.5 Å². The van der Waals surface area contributed by atoms with Crippen LogP contribution in [0.1, 0.15) is 39.0 Å². The molecule has 0 saturated heterocycles. The van der Waals surface area contributed by atoms with Crippen LogP contribution < -0.4 is 4.90 Å². The van der Waals surface area contributed by atoms with Crippen LogP contribution in [0.15, 0.2) is 24.3 Å². The molecule has 1 N–H and O–H groups in total. The van der Waals surface area contributed by atoms with Gasteiger partial charge in [-0.15, -0.1) is 0 Å². The van der Waals surface area contributed by atoms with Crippen LogP contribution in [0.2, 0.25) is 0 Å². The summed E-state index contributed by atoms with van der Waals surface area (Å²) in [4.78, 5) is 1.94. The second kappa shape index (κ2) is 7.07. The number of nitrogens with zero attached hydrogens (tertiary/aromatic N) is 1. The molecule has 0 bridgehead atoms. The number of para-hydroxylation sites is 1. The zero-order valence-corrected chi connectivity index (χ0v) is 12.6. The molecule has 0 aliphatic heterocycles. The molecule has 1 aromatic carbocycles. The molecule has 2 nitrogen and oxygen atoms in total. The molecule has 1 fully saturated rings. The topological polar surface area (TPSA) is 23.5 Å². The summed E-state index contributed by atoms with van der Waals surface area (Å²) in [6, 6.07) is 6.85. The number of benzene rings is 1. The SMILES string of the molecule is CCCC1CCC(O)C(CN(C)c2ccccc2F)C1. The Morgan fingerprint density at radius 1 is 1.30 bits per heavy atom. The minimum atomic E-state index is -0.239. The monoisotopic (exact) mass is 279 g/mol. The standard InChI is InChI=1S/C17H26FNO/c1-3-6-13-9-10-17(20)14(11-13)12-19(2)16-8-5-4-7-15(16)18/h4-5,7-8,13-14,17,20H,3,6,9-12H2,1-2H3. The van der Waals surface area contributed by atoms with Gasteiger partial charge in [-0.3, -0.25) is 0 Å². The lowest BCUT2D eigenvalue weighted by Gasteiger charge is -2.36. The maximum absolute atomic E-state index is 13.8. The molecular formula is C17H26FNO. The Balaban J connectivity index is 1.98. The Kier molecular flexibility index (Phi) is 5.41. The highest BCUT2D eigenvalue weighted by atomic mass is 19.1. The van der Waals surface area contributed by atoms with E-state index >= 15 is 0 Å². The zero-order valence-electron chi connectivity index (χ0n) is 12.6. The van der Waals surface area contributed by atoms with E-state index in [4.69, 9.17) is 0 Å². The van der Waals surface area contributed by atoms with E-state index in [1.165, 1.54) is 18.9 Å². The summed E-state index contributed by atoms with van der Waals surface area (Å²) in [7, 11) is 1.91. The summed E-state index contributed by atoms with van der Waals surface area (Å²) in [5.41, 5.74) is 0.623. The molecule has 0 spiro atoms. The third-order valence-electron chi connectivity index (χ3n) is 4.52. The van der Waals surface area contributed by atoms with Gasteiger partial charge in [0.2, 0.25) is 0 Å². The van der Waals surface area contributed by atoms with Crippen LogP contribution in [0.4, 0.5) is 10.1 Å². The van der Waals surface area contributed by atoms with E-state index < -0.39 is 0 Å². The summed E-state index contributed by atoms with van der Waals surface area (Å²) in [5.74, 6) is 0.790. The lowest BCUT2D eigenvalue weighted by atomic mass is 9.77. The predicted octanol–water partition coefficient (Wildman–Crippen LogP) is 3.84. The predicted molar refractivity (Wildman–Crippen MR) is 81.4 cm³/mol. The first kappa shape index (κ1) is 15.3. The highest BCUT2D eigenvalue weighted by Crippen LogP contribution is 2.33. The zero-order chi connectivity index (χ0) is 14.5. The van der Waals surface area contributed by atoms with Gasteiger partial charge >= 0.3 is 0 Å². The fourth-order valence-electron chi connectivity index (χ4n) is 3.42. The van der Waals surface area contributed by atoms with Crippen LogP contribution in [-0.2, 0) is 0 Å². The molecule has 1 saturated carbocycles. The Hall–Kier alpha value is -1.09. The van der Waals surface area contributed by atoms with Crippen molar-refractivity contribution in [3.63, 3.8) is 0 Å². The van der Waals surface area contributed by atoms with Crippen molar-refractivity contribution in [1.29, 1.82) is 0 Å². The summed E-state index contributed by atoms with van der Waals surface area (Å²) in [6.07, 6.45) is 5.30. The number of hydrogen-bond donors (Lipinski definition) is 1. The van der Waals surface area contributed by atoms with Crippen molar-refractivity contribution in [2.45, 2.75) is 45.1 Å². The van der Waals surface area contributed by atoms with Crippen LogP contribution in [-0.4, -0.2) is 24.8 Å². The number of hydrogen-bond acceptors (Lipinski definition) is 2. The van der Waals surface area contributed by atoms with Crippen molar-refractivity contribution in [3.05, 3.63) is 30.1 Å². The third kappa shape index (κ3) is 3.72. The summed E-state index contributed by atoms with van der Waals surface area (Å²) < 4.78 is 13.8. The van der Waals surface area contributed by atoms with Gasteiger partial charge in [0.25, 0.3) is 0 Å². The van der Waals surface area contributed by atoms with Crippen molar-refractivity contribution in [3.8, 4) is 0 Å². The molecule has 0 radical (unpaired) electrons. The molecule has 2 rings (SSSR count). The first-order valence-electron chi connectivity index (χ1n) is 7.75. The second-order valence-electron chi connectivity index (χ2n) is 6.13. The Morgan fingerprint density at radius 2 is 2.05 bits per heavy atom. The smallest absolute Gasteiger partial charge is 0.146 e. The lowest BCUT2D eigenvalue weighted by Crippen LogP contribution is -2.37. The second-order valence-corrected chi connectivity index (χ2v) is 6.13. The number of anilines is 1. The van der Waals surface area contributed by atoms with E-state index in [0.717, 1.165) is 31.7 Å². The molecular weight excluding hydrogens is 253 g/mol. The minimum Gasteiger partial charge on any atom is -0.393 e. The van der Waals surface area contributed by atoms with Gasteiger partial charge in [0.15, 0.2) is 0 Å². The fraction of sp³-hybridized carbons (Fsp3) is 0.647. The molecule has 3 heteroatoms. The van der Waals surface area contributed by atoms with Crippen LogP contribution in [0, 0.1) is 17.7 Å². The van der Waals surface area contributed by atoms with Gasteiger partial charge in [-0.2, -0.15) is 0 Å².